The van der Waals surface area contributed by atoms with E-state index in [2.05, 4.69) is 46.6 Å². The van der Waals surface area contributed by atoms with Crippen LogP contribution in [0.2, 0.25) is 0 Å². The molecule has 3 rings (SSSR count). The minimum absolute atomic E-state index is 0.416. The molecule has 0 atom stereocenters. The van der Waals surface area contributed by atoms with Gasteiger partial charge in [0.2, 0.25) is 0 Å². The zero-order valence-electron chi connectivity index (χ0n) is 11.0. The van der Waals surface area contributed by atoms with Crippen LogP contribution in [-0.4, -0.2) is 14.5 Å². The van der Waals surface area contributed by atoms with Gasteiger partial charge >= 0.3 is 0 Å². The van der Waals surface area contributed by atoms with Crippen LogP contribution in [-0.2, 0) is 6.54 Å². The van der Waals surface area contributed by atoms with E-state index >= 15 is 0 Å². The summed E-state index contributed by atoms with van der Waals surface area (Å²) in [7, 11) is 0. The van der Waals surface area contributed by atoms with Crippen molar-refractivity contribution in [1.82, 2.24) is 14.5 Å². The highest BCUT2D eigenvalue weighted by atomic mass is 32.1. The van der Waals surface area contributed by atoms with Crippen LogP contribution in [0, 0.1) is 0 Å². The molecular formula is C14H16N4S. The minimum Gasteiger partial charge on any atom is -0.328 e. The van der Waals surface area contributed by atoms with E-state index in [-0.39, 0.29) is 0 Å². The zero-order chi connectivity index (χ0) is 13.4. The van der Waals surface area contributed by atoms with Gasteiger partial charge in [0.1, 0.15) is 5.01 Å². The summed E-state index contributed by atoms with van der Waals surface area (Å²) in [4.78, 5) is 8.97. The van der Waals surface area contributed by atoms with Gasteiger partial charge in [-0.2, -0.15) is 0 Å². The van der Waals surface area contributed by atoms with Crippen LogP contribution < -0.4 is 5.73 Å². The number of rotatable bonds is 3. The fraction of sp³-hybridized carbons (Fsp3) is 0.286. The van der Waals surface area contributed by atoms with Gasteiger partial charge in [0.25, 0.3) is 0 Å². The minimum atomic E-state index is 0.416. The lowest BCUT2D eigenvalue weighted by molar-refractivity contribution is 0.617. The second-order valence-electron chi connectivity index (χ2n) is 4.80. The van der Waals surface area contributed by atoms with Crippen LogP contribution in [0.25, 0.3) is 21.6 Å². The number of nitrogens with zero attached hydrogens (tertiary/aromatic N) is 3. The van der Waals surface area contributed by atoms with Crippen molar-refractivity contribution in [3.63, 3.8) is 0 Å². The second-order valence-corrected chi connectivity index (χ2v) is 5.66. The van der Waals surface area contributed by atoms with Crippen molar-refractivity contribution in [3.05, 3.63) is 35.6 Å². The maximum atomic E-state index is 5.60. The molecule has 0 aliphatic heterocycles. The number of benzene rings is 1. The third-order valence-corrected chi connectivity index (χ3v) is 4.08. The molecule has 4 nitrogen and oxygen atoms in total. The van der Waals surface area contributed by atoms with Crippen LogP contribution in [0.4, 0.5) is 0 Å². The largest absolute Gasteiger partial charge is 0.328 e. The molecule has 0 unspecified atom stereocenters. The van der Waals surface area contributed by atoms with Gasteiger partial charge in [0, 0.05) is 23.5 Å². The third-order valence-electron chi connectivity index (χ3n) is 3.14. The van der Waals surface area contributed by atoms with E-state index in [9.17, 15) is 0 Å². The summed E-state index contributed by atoms with van der Waals surface area (Å²) in [6.45, 7) is 4.80. The highest BCUT2D eigenvalue weighted by Crippen LogP contribution is 2.27. The lowest BCUT2D eigenvalue weighted by atomic mass is 10.2. The van der Waals surface area contributed by atoms with Gasteiger partial charge in [-0.05, 0) is 32.0 Å². The summed E-state index contributed by atoms with van der Waals surface area (Å²) in [6, 6.07) is 6.72. The van der Waals surface area contributed by atoms with Gasteiger partial charge in [-0.25, -0.2) is 9.97 Å². The van der Waals surface area contributed by atoms with Gasteiger partial charge in [-0.1, -0.05) is 0 Å². The fourth-order valence-electron chi connectivity index (χ4n) is 2.11. The summed E-state index contributed by atoms with van der Waals surface area (Å²) < 4.78 is 2.17. The van der Waals surface area contributed by atoms with E-state index < -0.39 is 0 Å². The first-order valence-electron chi connectivity index (χ1n) is 6.30. The molecule has 0 amide bonds. The van der Waals surface area contributed by atoms with E-state index in [4.69, 9.17) is 5.73 Å². The Hall–Kier alpha value is -1.72. The molecule has 0 aliphatic rings. The van der Waals surface area contributed by atoms with E-state index in [0.717, 1.165) is 27.3 Å². The van der Waals surface area contributed by atoms with Gasteiger partial charge < -0.3 is 10.3 Å². The predicted molar refractivity (Wildman–Crippen MR) is 79.1 cm³/mol. The molecule has 0 aliphatic carbocycles. The van der Waals surface area contributed by atoms with Crippen molar-refractivity contribution in [1.29, 1.82) is 0 Å². The topological polar surface area (TPSA) is 56.7 Å². The van der Waals surface area contributed by atoms with Crippen molar-refractivity contribution in [2.45, 2.75) is 26.4 Å². The van der Waals surface area contributed by atoms with Crippen molar-refractivity contribution >= 4 is 22.4 Å². The quantitative estimate of drug-likeness (QED) is 0.796. The average molecular weight is 272 g/mol. The molecule has 3 aromatic rings. The van der Waals surface area contributed by atoms with Gasteiger partial charge in [-0.15, -0.1) is 11.3 Å². The van der Waals surface area contributed by atoms with Gasteiger partial charge in [0.15, 0.2) is 0 Å². The second kappa shape index (κ2) is 4.75. The summed E-state index contributed by atoms with van der Waals surface area (Å²) in [5.74, 6) is 0. The van der Waals surface area contributed by atoms with Gasteiger partial charge in [0.05, 0.1) is 23.1 Å². The normalized spacial score (nSPS) is 11.6. The van der Waals surface area contributed by atoms with Crippen molar-refractivity contribution < 1.29 is 0 Å². The number of aromatic nitrogens is 3. The number of thiazole rings is 1. The number of fused-ring (bicyclic) bond motifs is 1. The van der Waals surface area contributed by atoms with Crippen LogP contribution in [0.5, 0.6) is 0 Å². The van der Waals surface area contributed by atoms with Crippen LogP contribution >= 0.6 is 11.3 Å². The Labute approximate surface area is 115 Å². The molecule has 2 aromatic heterocycles. The summed E-state index contributed by atoms with van der Waals surface area (Å²) in [5.41, 5.74) is 9.81. The van der Waals surface area contributed by atoms with E-state index in [1.165, 1.54) is 0 Å². The standard InChI is InChI=1S/C14H16N4S/c1-9(2)18-8-16-12-5-10(3-4-13(12)18)14-17-11(6-15)7-19-14/h3-5,7-9H,6,15H2,1-2H3. The lowest BCUT2D eigenvalue weighted by Gasteiger charge is -2.07. The first-order valence-corrected chi connectivity index (χ1v) is 7.18. The monoisotopic (exact) mass is 272 g/mol. The number of hydrogen-bond donors (Lipinski definition) is 1. The lowest BCUT2D eigenvalue weighted by Crippen LogP contribution is -1.97. The van der Waals surface area contributed by atoms with E-state index in [1.807, 2.05) is 11.7 Å². The van der Waals surface area contributed by atoms with Crippen molar-refractivity contribution in [2.24, 2.45) is 5.73 Å². The molecule has 98 valence electrons. The Kier molecular flexibility index (Phi) is 3.08. The van der Waals surface area contributed by atoms with E-state index in [1.54, 1.807) is 11.3 Å². The fourth-order valence-corrected chi connectivity index (χ4v) is 2.94. The Bertz CT molecular complexity index is 711. The highest BCUT2D eigenvalue weighted by Gasteiger charge is 2.09. The molecule has 0 fully saturated rings. The molecule has 2 heterocycles. The van der Waals surface area contributed by atoms with Crippen LogP contribution in [0.15, 0.2) is 29.9 Å². The molecule has 2 N–H and O–H groups in total. The molecule has 0 spiro atoms. The van der Waals surface area contributed by atoms with Gasteiger partial charge in [-0.3, -0.25) is 0 Å². The zero-order valence-corrected chi connectivity index (χ0v) is 11.8. The van der Waals surface area contributed by atoms with Crippen molar-refractivity contribution in [3.8, 4) is 10.6 Å². The molecule has 5 heteroatoms. The predicted octanol–water partition coefficient (Wildman–Crippen LogP) is 3.20. The maximum absolute atomic E-state index is 5.60. The first kappa shape index (κ1) is 12.3. The highest BCUT2D eigenvalue weighted by molar-refractivity contribution is 7.13. The first-order chi connectivity index (χ1) is 9.19. The molecular weight excluding hydrogens is 256 g/mol. The number of imidazole rings is 1. The molecule has 19 heavy (non-hydrogen) atoms. The number of hydrogen-bond acceptors (Lipinski definition) is 4. The summed E-state index contributed by atoms with van der Waals surface area (Å²) >= 11 is 1.62. The Morgan fingerprint density at radius 3 is 2.89 bits per heavy atom. The molecule has 0 radical (unpaired) electrons. The summed E-state index contributed by atoms with van der Waals surface area (Å²) in [6.07, 6.45) is 1.90. The molecule has 0 bridgehead atoms. The Morgan fingerprint density at radius 1 is 1.37 bits per heavy atom. The summed E-state index contributed by atoms with van der Waals surface area (Å²) in [5, 5.41) is 3.01. The van der Waals surface area contributed by atoms with Crippen LogP contribution in [0.3, 0.4) is 0 Å². The molecule has 0 saturated carbocycles. The molecule has 1 aromatic carbocycles. The third kappa shape index (κ3) is 2.15. The maximum Gasteiger partial charge on any atom is 0.123 e. The Balaban J connectivity index is 2.07. The smallest absolute Gasteiger partial charge is 0.123 e. The molecule has 0 saturated heterocycles. The van der Waals surface area contributed by atoms with Crippen LogP contribution in [0.1, 0.15) is 25.6 Å². The SMILES string of the molecule is CC(C)n1cnc2cc(-c3nc(CN)cs3)ccc21. The van der Waals surface area contributed by atoms with Crippen molar-refractivity contribution in [2.75, 3.05) is 0 Å². The average Bonchev–Trinajstić information content (AvgIpc) is 3.04. The Morgan fingerprint density at radius 2 is 2.21 bits per heavy atom. The van der Waals surface area contributed by atoms with E-state index in [0.29, 0.717) is 12.6 Å². The number of nitrogens with two attached hydrogens (primary N) is 1.